The van der Waals surface area contributed by atoms with Crippen LogP contribution in [0.15, 0.2) is 18.2 Å². The highest BCUT2D eigenvalue weighted by atomic mass is 16.6. The molecule has 0 amide bonds. The average Bonchev–Trinajstić information content (AvgIpc) is 2.37. The highest BCUT2D eigenvalue weighted by molar-refractivity contribution is 5.76. The topological polar surface area (TPSA) is 71.1 Å². The Kier molecular flexibility index (Phi) is 3.89. The van der Waals surface area contributed by atoms with Gasteiger partial charge in [0.25, 0.3) is 0 Å². The van der Waals surface area contributed by atoms with Crippen LogP contribution in [0.1, 0.15) is 13.8 Å². The lowest BCUT2D eigenvalue weighted by atomic mass is 10.2. The first-order valence-electron chi connectivity index (χ1n) is 5.88. The molecule has 19 heavy (non-hydrogen) atoms. The average molecular weight is 266 g/mol. The highest BCUT2D eigenvalue weighted by Gasteiger charge is 2.29. The maximum atomic E-state index is 11.6. The molecule has 1 aliphatic heterocycles. The van der Waals surface area contributed by atoms with Crippen molar-refractivity contribution in [3.63, 3.8) is 0 Å². The molecule has 1 aromatic rings. The lowest BCUT2D eigenvalue weighted by Gasteiger charge is -2.25. The fourth-order valence-electron chi connectivity index (χ4n) is 1.63. The van der Waals surface area contributed by atoms with E-state index < -0.39 is 18.0 Å². The van der Waals surface area contributed by atoms with Crippen molar-refractivity contribution in [1.82, 2.24) is 0 Å². The molecule has 0 aliphatic carbocycles. The monoisotopic (exact) mass is 266 g/mol. The third kappa shape index (κ3) is 3.15. The third-order valence-electron chi connectivity index (χ3n) is 2.39. The van der Waals surface area contributed by atoms with Crippen molar-refractivity contribution in [3.8, 4) is 17.2 Å². The third-order valence-corrected chi connectivity index (χ3v) is 2.39. The summed E-state index contributed by atoms with van der Waals surface area (Å²) in [5.41, 5.74) is 0. The Bertz CT molecular complexity index is 496. The molecule has 6 heteroatoms. The molecule has 102 valence electrons. The standard InChI is InChI=1S/C13H14O6/c1-3-16-13(15)12-7-17-10-5-4-9(18-8(2)14)6-11(10)19-12/h4-6,12H,3,7H2,1-2H3/t12-/m1/s1. The summed E-state index contributed by atoms with van der Waals surface area (Å²) in [6.45, 7) is 3.39. The van der Waals surface area contributed by atoms with E-state index in [4.69, 9.17) is 18.9 Å². The van der Waals surface area contributed by atoms with Crippen molar-refractivity contribution in [1.29, 1.82) is 0 Å². The van der Waals surface area contributed by atoms with E-state index in [-0.39, 0.29) is 13.2 Å². The van der Waals surface area contributed by atoms with Crippen LogP contribution in [0.5, 0.6) is 17.2 Å². The van der Waals surface area contributed by atoms with E-state index >= 15 is 0 Å². The van der Waals surface area contributed by atoms with E-state index in [0.717, 1.165) is 0 Å². The van der Waals surface area contributed by atoms with Gasteiger partial charge in [0.1, 0.15) is 12.4 Å². The van der Waals surface area contributed by atoms with Crippen LogP contribution in [0.25, 0.3) is 0 Å². The minimum absolute atomic E-state index is 0.0960. The van der Waals surface area contributed by atoms with Crippen molar-refractivity contribution in [2.24, 2.45) is 0 Å². The molecule has 1 aromatic carbocycles. The van der Waals surface area contributed by atoms with Gasteiger partial charge < -0.3 is 18.9 Å². The molecule has 6 nitrogen and oxygen atoms in total. The number of rotatable bonds is 3. The maximum Gasteiger partial charge on any atom is 0.350 e. The van der Waals surface area contributed by atoms with Crippen molar-refractivity contribution < 1.29 is 28.5 Å². The Morgan fingerprint density at radius 3 is 2.84 bits per heavy atom. The van der Waals surface area contributed by atoms with Gasteiger partial charge in [-0.15, -0.1) is 0 Å². The summed E-state index contributed by atoms with van der Waals surface area (Å²) in [4.78, 5) is 22.4. The summed E-state index contributed by atoms with van der Waals surface area (Å²) in [6, 6.07) is 4.71. The van der Waals surface area contributed by atoms with Crippen LogP contribution in [-0.2, 0) is 14.3 Å². The van der Waals surface area contributed by atoms with E-state index in [0.29, 0.717) is 17.2 Å². The van der Waals surface area contributed by atoms with Crippen molar-refractivity contribution in [2.75, 3.05) is 13.2 Å². The zero-order valence-corrected chi connectivity index (χ0v) is 10.7. The summed E-state index contributed by atoms with van der Waals surface area (Å²) in [5, 5.41) is 0. The van der Waals surface area contributed by atoms with Crippen LogP contribution in [0, 0.1) is 0 Å². The Balaban J connectivity index is 2.13. The molecular weight excluding hydrogens is 252 g/mol. The lowest BCUT2D eigenvalue weighted by Crippen LogP contribution is -2.37. The first-order valence-corrected chi connectivity index (χ1v) is 5.88. The molecule has 0 fully saturated rings. The van der Waals surface area contributed by atoms with Gasteiger partial charge in [0.15, 0.2) is 11.5 Å². The number of ether oxygens (including phenoxy) is 4. The van der Waals surface area contributed by atoms with Crippen LogP contribution in [0.3, 0.4) is 0 Å². The van der Waals surface area contributed by atoms with Crippen LogP contribution in [0.4, 0.5) is 0 Å². The molecule has 0 bridgehead atoms. The fourth-order valence-corrected chi connectivity index (χ4v) is 1.63. The molecule has 0 unspecified atom stereocenters. The summed E-state index contributed by atoms with van der Waals surface area (Å²) in [5.74, 6) is 0.267. The van der Waals surface area contributed by atoms with Gasteiger partial charge in [0, 0.05) is 13.0 Å². The molecule has 0 N–H and O–H groups in total. The second kappa shape index (κ2) is 5.60. The van der Waals surface area contributed by atoms with E-state index in [1.54, 1.807) is 19.1 Å². The molecule has 1 heterocycles. The van der Waals surface area contributed by atoms with E-state index in [9.17, 15) is 9.59 Å². The van der Waals surface area contributed by atoms with E-state index in [1.165, 1.54) is 13.0 Å². The minimum atomic E-state index is -0.806. The molecule has 2 rings (SSSR count). The Morgan fingerprint density at radius 1 is 1.37 bits per heavy atom. The Hall–Kier alpha value is -2.24. The van der Waals surface area contributed by atoms with E-state index in [1.807, 2.05) is 0 Å². The zero-order chi connectivity index (χ0) is 13.8. The molecule has 0 aromatic heterocycles. The number of benzene rings is 1. The second-order valence-electron chi connectivity index (χ2n) is 3.87. The van der Waals surface area contributed by atoms with Gasteiger partial charge in [-0.1, -0.05) is 0 Å². The molecule has 0 saturated heterocycles. The molecule has 1 aliphatic rings. The predicted molar refractivity (Wildman–Crippen MR) is 64.3 cm³/mol. The quantitative estimate of drug-likeness (QED) is 0.607. The van der Waals surface area contributed by atoms with Crippen LogP contribution < -0.4 is 14.2 Å². The van der Waals surface area contributed by atoms with Gasteiger partial charge in [0.05, 0.1) is 6.61 Å². The maximum absolute atomic E-state index is 11.6. The van der Waals surface area contributed by atoms with Crippen LogP contribution in [0.2, 0.25) is 0 Å². The summed E-state index contributed by atoms with van der Waals surface area (Å²) in [7, 11) is 0. The van der Waals surface area contributed by atoms with Gasteiger partial charge in [-0.2, -0.15) is 0 Å². The first kappa shape index (κ1) is 13.2. The SMILES string of the molecule is CCOC(=O)[C@H]1COc2ccc(OC(C)=O)cc2O1. The smallest absolute Gasteiger partial charge is 0.350 e. The van der Waals surface area contributed by atoms with Gasteiger partial charge >= 0.3 is 11.9 Å². The zero-order valence-electron chi connectivity index (χ0n) is 10.7. The van der Waals surface area contributed by atoms with Gasteiger partial charge in [0.2, 0.25) is 6.10 Å². The summed E-state index contributed by atoms with van der Waals surface area (Å²) in [6.07, 6.45) is -0.806. The van der Waals surface area contributed by atoms with Crippen molar-refractivity contribution in [2.45, 2.75) is 20.0 Å². The Morgan fingerprint density at radius 2 is 2.16 bits per heavy atom. The summed E-state index contributed by atoms with van der Waals surface area (Å²) >= 11 is 0. The van der Waals surface area contributed by atoms with Crippen molar-refractivity contribution in [3.05, 3.63) is 18.2 Å². The minimum Gasteiger partial charge on any atom is -0.485 e. The highest BCUT2D eigenvalue weighted by Crippen LogP contribution is 2.35. The van der Waals surface area contributed by atoms with Gasteiger partial charge in [-0.05, 0) is 19.1 Å². The lowest BCUT2D eigenvalue weighted by molar-refractivity contribution is -0.154. The van der Waals surface area contributed by atoms with E-state index in [2.05, 4.69) is 0 Å². The van der Waals surface area contributed by atoms with Gasteiger partial charge in [-0.25, -0.2) is 4.79 Å². The number of hydrogen-bond acceptors (Lipinski definition) is 6. The van der Waals surface area contributed by atoms with Gasteiger partial charge in [-0.3, -0.25) is 4.79 Å². The molecular formula is C13H14O6. The fraction of sp³-hybridized carbons (Fsp3) is 0.385. The molecule has 0 spiro atoms. The largest absolute Gasteiger partial charge is 0.485 e. The first-order chi connectivity index (χ1) is 9.10. The second-order valence-corrected chi connectivity index (χ2v) is 3.87. The number of fused-ring (bicyclic) bond motifs is 1. The molecule has 1 atom stereocenters. The number of carbonyl (C=O) groups is 2. The number of carbonyl (C=O) groups excluding carboxylic acids is 2. The van der Waals surface area contributed by atoms with Crippen LogP contribution in [-0.4, -0.2) is 31.3 Å². The van der Waals surface area contributed by atoms with Crippen LogP contribution >= 0.6 is 0 Å². The number of hydrogen-bond donors (Lipinski definition) is 0. The molecule has 0 radical (unpaired) electrons. The normalized spacial score (nSPS) is 16.6. The summed E-state index contributed by atoms with van der Waals surface area (Å²) < 4.78 is 20.7. The molecule has 0 saturated carbocycles. The Labute approximate surface area is 110 Å². The van der Waals surface area contributed by atoms with Crippen molar-refractivity contribution >= 4 is 11.9 Å². The number of esters is 2. The predicted octanol–water partition coefficient (Wildman–Crippen LogP) is 1.31.